The first-order chi connectivity index (χ1) is 14.6. The average Bonchev–Trinajstić information content (AvgIpc) is 3.26. The van der Waals surface area contributed by atoms with E-state index in [1.807, 2.05) is 30.3 Å². The van der Waals surface area contributed by atoms with Crippen molar-refractivity contribution in [3.8, 4) is 0 Å². The fraction of sp³-hybridized carbons (Fsp3) is 0.423. The van der Waals surface area contributed by atoms with Crippen LogP contribution >= 0.6 is 23.2 Å². The van der Waals surface area contributed by atoms with E-state index in [1.54, 1.807) is 0 Å². The van der Waals surface area contributed by atoms with Crippen molar-refractivity contribution < 1.29 is 4.79 Å². The Morgan fingerprint density at radius 2 is 1.80 bits per heavy atom. The van der Waals surface area contributed by atoms with Crippen molar-refractivity contribution in [2.24, 2.45) is 11.8 Å². The molecule has 4 rings (SSSR count). The number of rotatable bonds is 6. The summed E-state index contributed by atoms with van der Waals surface area (Å²) < 4.78 is 0. The van der Waals surface area contributed by atoms with E-state index in [0.29, 0.717) is 12.3 Å². The van der Waals surface area contributed by atoms with Gasteiger partial charge in [0, 0.05) is 33.8 Å². The summed E-state index contributed by atoms with van der Waals surface area (Å²) in [6, 6.07) is 16.4. The van der Waals surface area contributed by atoms with E-state index in [4.69, 9.17) is 23.2 Å². The minimum atomic E-state index is -0.0443. The molecule has 0 radical (unpaired) electrons. The molecular formula is C26H29Cl2NO. The van der Waals surface area contributed by atoms with Crippen molar-refractivity contribution in [3.05, 3.63) is 82.4 Å². The molecule has 0 spiro atoms. The third kappa shape index (κ3) is 4.60. The van der Waals surface area contributed by atoms with Crippen LogP contribution in [0.2, 0.25) is 10.0 Å². The Balaban J connectivity index is 1.76. The number of halogens is 2. The number of benzene rings is 2. The highest BCUT2D eigenvalue weighted by molar-refractivity contribution is 6.30. The van der Waals surface area contributed by atoms with Crippen molar-refractivity contribution >= 4 is 29.1 Å². The number of hydrogen-bond acceptors (Lipinski definition) is 1. The monoisotopic (exact) mass is 441 g/mol. The summed E-state index contributed by atoms with van der Waals surface area (Å²) in [4.78, 5) is 13.0. The van der Waals surface area contributed by atoms with Crippen molar-refractivity contribution in [2.45, 2.75) is 56.4 Å². The van der Waals surface area contributed by atoms with Gasteiger partial charge in [0.15, 0.2) is 0 Å². The standard InChI is InChI=1S/C26H29Cl2NO/c1-2-6-20-16-23(19-9-5-10-22(28)15-19)25(29-26(20)30)24(17-7-3-4-8-17)18-11-13-21(27)14-12-18/h2,5,9-15,17,20,23-25H,1,3-4,6-8,16H2,(H,29,30)/t20-,23-,24?,25+/m1/s1. The van der Waals surface area contributed by atoms with Crippen LogP contribution in [0.5, 0.6) is 0 Å². The molecule has 4 atom stereocenters. The summed E-state index contributed by atoms with van der Waals surface area (Å²) in [7, 11) is 0. The van der Waals surface area contributed by atoms with Crippen LogP contribution in [0, 0.1) is 11.8 Å². The number of allylic oxidation sites excluding steroid dienone is 1. The van der Waals surface area contributed by atoms with Gasteiger partial charge in [-0.15, -0.1) is 6.58 Å². The van der Waals surface area contributed by atoms with Gasteiger partial charge in [0.25, 0.3) is 0 Å². The molecule has 1 amide bonds. The summed E-state index contributed by atoms with van der Waals surface area (Å²) in [6.45, 7) is 3.86. The minimum absolute atomic E-state index is 0.0429. The van der Waals surface area contributed by atoms with E-state index in [2.05, 4.69) is 36.2 Å². The number of amides is 1. The highest BCUT2D eigenvalue weighted by atomic mass is 35.5. The number of carbonyl (C=O) groups is 1. The molecule has 2 aliphatic rings. The maximum atomic E-state index is 13.0. The Morgan fingerprint density at radius 1 is 1.07 bits per heavy atom. The number of carbonyl (C=O) groups excluding carboxylic acids is 1. The molecule has 2 aromatic rings. The molecular weight excluding hydrogens is 413 g/mol. The second kappa shape index (κ2) is 9.58. The first-order valence-corrected chi connectivity index (χ1v) is 11.7. The number of nitrogens with one attached hydrogen (secondary N) is 1. The first kappa shape index (κ1) is 21.5. The van der Waals surface area contributed by atoms with E-state index in [0.717, 1.165) is 16.5 Å². The predicted molar refractivity (Wildman–Crippen MR) is 125 cm³/mol. The summed E-state index contributed by atoms with van der Waals surface area (Å²) in [6.07, 6.45) is 8.31. The Labute approximate surface area is 189 Å². The summed E-state index contributed by atoms with van der Waals surface area (Å²) in [5.41, 5.74) is 2.48. The van der Waals surface area contributed by atoms with Crippen LogP contribution < -0.4 is 5.32 Å². The van der Waals surface area contributed by atoms with Crippen LogP contribution in [0.25, 0.3) is 0 Å². The lowest BCUT2D eigenvalue weighted by Crippen LogP contribution is -2.52. The maximum Gasteiger partial charge on any atom is 0.223 e. The van der Waals surface area contributed by atoms with Gasteiger partial charge in [-0.1, -0.05) is 66.4 Å². The second-order valence-corrected chi connectivity index (χ2v) is 9.65. The van der Waals surface area contributed by atoms with E-state index in [9.17, 15) is 4.79 Å². The van der Waals surface area contributed by atoms with Gasteiger partial charge in [0.1, 0.15) is 0 Å². The van der Waals surface area contributed by atoms with Gasteiger partial charge in [0.2, 0.25) is 5.91 Å². The molecule has 1 unspecified atom stereocenters. The van der Waals surface area contributed by atoms with Crippen LogP contribution in [0.1, 0.15) is 61.5 Å². The van der Waals surface area contributed by atoms with Gasteiger partial charge in [-0.25, -0.2) is 0 Å². The third-order valence-electron chi connectivity index (χ3n) is 6.93. The molecule has 2 nitrogen and oxygen atoms in total. The van der Waals surface area contributed by atoms with E-state index < -0.39 is 0 Å². The summed E-state index contributed by atoms with van der Waals surface area (Å²) >= 11 is 12.5. The van der Waals surface area contributed by atoms with Gasteiger partial charge in [-0.05, 0) is 67.0 Å². The van der Waals surface area contributed by atoms with Crippen molar-refractivity contribution in [3.63, 3.8) is 0 Å². The molecule has 1 N–H and O–H groups in total. The first-order valence-electron chi connectivity index (χ1n) is 11.0. The van der Waals surface area contributed by atoms with E-state index in [1.165, 1.54) is 36.8 Å². The topological polar surface area (TPSA) is 29.1 Å². The van der Waals surface area contributed by atoms with Gasteiger partial charge in [0.05, 0.1) is 0 Å². The molecule has 158 valence electrons. The van der Waals surface area contributed by atoms with Crippen LogP contribution in [0.3, 0.4) is 0 Å². The molecule has 2 fully saturated rings. The fourth-order valence-corrected chi connectivity index (χ4v) is 5.87. The van der Waals surface area contributed by atoms with Gasteiger partial charge in [-0.3, -0.25) is 4.79 Å². The SMILES string of the molecule is C=CC[C@@H]1C[C@H](c2cccc(Cl)c2)[C@@H](C(c2ccc(Cl)cc2)C2CCCC2)NC1=O. The van der Waals surface area contributed by atoms with Gasteiger partial charge < -0.3 is 5.32 Å². The molecule has 1 aliphatic heterocycles. The fourth-order valence-electron chi connectivity index (χ4n) is 5.54. The summed E-state index contributed by atoms with van der Waals surface area (Å²) in [5, 5.41) is 4.93. The molecule has 0 bridgehead atoms. The Bertz CT molecular complexity index is 888. The molecule has 1 saturated carbocycles. The number of piperidine rings is 1. The van der Waals surface area contributed by atoms with Gasteiger partial charge >= 0.3 is 0 Å². The van der Waals surface area contributed by atoms with Crippen LogP contribution in [-0.2, 0) is 4.79 Å². The maximum absolute atomic E-state index is 13.0. The van der Waals surface area contributed by atoms with Crippen molar-refractivity contribution in [1.82, 2.24) is 5.32 Å². The zero-order valence-corrected chi connectivity index (χ0v) is 18.7. The third-order valence-corrected chi connectivity index (χ3v) is 7.42. The smallest absolute Gasteiger partial charge is 0.223 e. The van der Waals surface area contributed by atoms with Crippen LogP contribution in [-0.4, -0.2) is 11.9 Å². The van der Waals surface area contributed by atoms with Crippen LogP contribution in [0.4, 0.5) is 0 Å². The molecule has 1 saturated heterocycles. The van der Waals surface area contributed by atoms with E-state index in [-0.39, 0.29) is 29.7 Å². The van der Waals surface area contributed by atoms with Gasteiger partial charge in [-0.2, -0.15) is 0 Å². The molecule has 0 aromatic heterocycles. The zero-order valence-electron chi connectivity index (χ0n) is 17.2. The minimum Gasteiger partial charge on any atom is -0.352 e. The normalized spacial score (nSPS) is 25.7. The largest absolute Gasteiger partial charge is 0.352 e. The lowest BCUT2D eigenvalue weighted by molar-refractivity contribution is -0.128. The Hall–Kier alpha value is -1.77. The molecule has 30 heavy (non-hydrogen) atoms. The quantitative estimate of drug-likeness (QED) is 0.474. The van der Waals surface area contributed by atoms with E-state index >= 15 is 0 Å². The lowest BCUT2D eigenvalue weighted by Gasteiger charge is -2.43. The van der Waals surface area contributed by atoms with Crippen molar-refractivity contribution in [2.75, 3.05) is 0 Å². The molecule has 1 heterocycles. The zero-order chi connectivity index (χ0) is 21.1. The Kier molecular flexibility index (Phi) is 6.85. The second-order valence-electron chi connectivity index (χ2n) is 8.77. The summed E-state index contributed by atoms with van der Waals surface area (Å²) in [5.74, 6) is 1.15. The molecule has 4 heteroatoms. The van der Waals surface area contributed by atoms with Crippen molar-refractivity contribution in [1.29, 1.82) is 0 Å². The Morgan fingerprint density at radius 3 is 2.47 bits per heavy atom. The van der Waals surface area contributed by atoms with Crippen LogP contribution in [0.15, 0.2) is 61.2 Å². The number of hydrogen-bond donors (Lipinski definition) is 1. The molecule has 2 aromatic carbocycles. The highest BCUT2D eigenvalue weighted by Gasteiger charge is 2.43. The predicted octanol–water partition coefficient (Wildman–Crippen LogP) is 7.13. The highest BCUT2D eigenvalue weighted by Crippen LogP contribution is 2.46. The average molecular weight is 442 g/mol. The lowest BCUT2D eigenvalue weighted by atomic mass is 9.68. The molecule has 1 aliphatic carbocycles.